The molecule has 0 N–H and O–H groups in total. The van der Waals surface area contributed by atoms with Crippen LogP contribution in [0.5, 0.6) is 0 Å². The van der Waals surface area contributed by atoms with Gasteiger partial charge in [-0.2, -0.15) is 0 Å². The van der Waals surface area contributed by atoms with Gasteiger partial charge in [0.15, 0.2) is 14.4 Å². The van der Waals surface area contributed by atoms with E-state index in [1.54, 1.807) is 7.05 Å². The molecule has 0 spiro atoms. The predicted molar refractivity (Wildman–Crippen MR) is 132 cm³/mol. The van der Waals surface area contributed by atoms with Crippen LogP contribution in [-0.4, -0.2) is 45.7 Å². The normalized spacial score (nSPS) is 14.1. The van der Waals surface area contributed by atoms with Crippen molar-refractivity contribution in [3.63, 3.8) is 0 Å². The van der Waals surface area contributed by atoms with Gasteiger partial charge in [0.05, 0.1) is 19.8 Å². The van der Waals surface area contributed by atoms with E-state index in [1.807, 2.05) is 48.5 Å². The lowest BCUT2D eigenvalue weighted by molar-refractivity contribution is -0.188. The van der Waals surface area contributed by atoms with E-state index in [9.17, 15) is 4.79 Å². The van der Waals surface area contributed by atoms with Gasteiger partial charge in [0.1, 0.15) is 0 Å². The molecule has 0 saturated carbocycles. The minimum atomic E-state index is -2.16. The average Bonchev–Trinajstić information content (AvgIpc) is 2.77. The van der Waals surface area contributed by atoms with E-state index >= 15 is 0 Å². The minimum Gasteiger partial charge on any atom is -0.411 e. The Morgan fingerprint density at radius 2 is 1.50 bits per heavy atom. The number of amides is 1. The fraction of sp³-hybridized carbons (Fsp3) is 0.500. The Morgan fingerprint density at radius 3 is 2.00 bits per heavy atom. The first kappa shape index (κ1) is 26.3. The Balaban J connectivity index is 2.32. The number of rotatable bonds is 11. The molecule has 32 heavy (non-hydrogen) atoms. The second-order valence-corrected chi connectivity index (χ2v) is 14.4. The van der Waals surface area contributed by atoms with Crippen LogP contribution in [0.25, 0.3) is 0 Å². The third-order valence-electron chi connectivity index (χ3n) is 6.25. The van der Waals surface area contributed by atoms with Gasteiger partial charge in [0.2, 0.25) is 0 Å². The van der Waals surface area contributed by atoms with Crippen molar-refractivity contribution in [2.24, 2.45) is 0 Å². The summed E-state index contributed by atoms with van der Waals surface area (Å²) in [5.41, 5.74) is 2.23. The summed E-state index contributed by atoms with van der Waals surface area (Å²) in [6.45, 7) is 11.4. The Kier molecular flexibility index (Phi) is 9.64. The number of aryl methyl sites for hydroxylation is 1. The van der Waals surface area contributed by atoms with Crippen LogP contribution in [0.4, 0.5) is 0 Å². The molecule has 0 unspecified atom stereocenters. The van der Waals surface area contributed by atoms with Crippen LogP contribution in [0.1, 0.15) is 38.3 Å². The number of carbonyl (C=O) groups excluding carboxylic acids is 1. The van der Waals surface area contributed by atoms with Crippen molar-refractivity contribution in [3.05, 3.63) is 71.8 Å². The summed E-state index contributed by atoms with van der Waals surface area (Å²) in [7, 11) is 0.939. The molecule has 5 nitrogen and oxygen atoms in total. The zero-order valence-electron chi connectivity index (χ0n) is 20.6. The number of ether oxygens (including phenoxy) is 1. The largest absolute Gasteiger partial charge is 0.411 e. The third kappa shape index (κ3) is 7.55. The van der Waals surface area contributed by atoms with Crippen molar-refractivity contribution >= 4 is 14.2 Å². The maximum Gasteiger partial charge on any atom is 0.277 e. The molecule has 2 aromatic rings. The lowest BCUT2D eigenvalue weighted by Crippen LogP contribution is -2.52. The molecule has 0 aliphatic rings. The lowest BCUT2D eigenvalue weighted by atomic mass is 10.0. The van der Waals surface area contributed by atoms with Gasteiger partial charge in [-0.1, -0.05) is 81.4 Å². The quantitative estimate of drug-likeness (QED) is 0.325. The maximum atomic E-state index is 13.3. The summed E-state index contributed by atoms with van der Waals surface area (Å²) in [5.74, 6) is -0.236. The van der Waals surface area contributed by atoms with Gasteiger partial charge >= 0.3 is 0 Å². The van der Waals surface area contributed by atoms with E-state index in [4.69, 9.17) is 14.0 Å². The molecule has 2 rings (SSSR count). The van der Waals surface area contributed by atoms with Crippen LogP contribution in [0, 0.1) is 0 Å². The Hall–Kier alpha value is -1.99. The summed E-state index contributed by atoms with van der Waals surface area (Å²) < 4.78 is 13.0. The van der Waals surface area contributed by atoms with Crippen LogP contribution in [0.15, 0.2) is 60.7 Å². The predicted octanol–water partition coefficient (Wildman–Crippen LogP) is 5.61. The number of hydroxylamine groups is 2. The summed E-state index contributed by atoms with van der Waals surface area (Å²) in [6, 6.07) is 20.2. The molecule has 1 amide bonds. The van der Waals surface area contributed by atoms with E-state index in [1.165, 1.54) is 17.7 Å². The fourth-order valence-electron chi connectivity index (χ4n) is 3.15. The summed E-state index contributed by atoms with van der Waals surface area (Å²) >= 11 is 0. The first-order chi connectivity index (χ1) is 15.0. The highest BCUT2D eigenvalue weighted by atomic mass is 28.4. The summed E-state index contributed by atoms with van der Waals surface area (Å²) in [4.78, 5) is 18.5. The van der Waals surface area contributed by atoms with Gasteiger partial charge in [0.25, 0.3) is 5.91 Å². The topological polar surface area (TPSA) is 48.0 Å². The zero-order chi connectivity index (χ0) is 23.8. The number of nitrogens with zero attached hydrogens (tertiary/aromatic N) is 1. The molecule has 0 fully saturated rings. The zero-order valence-corrected chi connectivity index (χ0v) is 21.6. The Bertz CT molecular complexity index is 821. The van der Waals surface area contributed by atoms with Gasteiger partial charge in [0, 0.05) is 7.05 Å². The van der Waals surface area contributed by atoms with Gasteiger partial charge in [-0.05, 0) is 42.1 Å². The molecular weight excluding hydrogens is 418 g/mol. The van der Waals surface area contributed by atoms with Crippen molar-refractivity contribution in [1.82, 2.24) is 5.06 Å². The molecule has 6 heteroatoms. The maximum absolute atomic E-state index is 13.3. The first-order valence-corrected chi connectivity index (χ1v) is 14.1. The van der Waals surface area contributed by atoms with Crippen LogP contribution >= 0.6 is 0 Å². The highest BCUT2D eigenvalue weighted by molar-refractivity contribution is 6.74. The van der Waals surface area contributed by atoms with Crippen molar-refractivity contribution in [3.8, 4) is 0 Å². The molecule has 0 heterocycles. The Labute approximate surface area is 194 Å². The van der Waals surface area contributed by atoms with Gasteiger partial charge < -0.3 is 9.16 Å². The highest BCUT2D eigenvalue weighted by Gasteiger charge is 2.43. The number of hydrogen-bond acceptors (Lipinski definition) is 4. The van der Waals surface area contributed by atoms with E-state index in [-0.39, 0.29) is 17.0 Å². The van der Waals surface area contributed by atoms with Crippen LogP contribution < -0.4 is 0 Å². The molecular formula is C26H39NO4Si. The lowest BCUT2D eigenvalue weighted by Gasteiger charge is -2.41. The fourth-order valence-corrected chi connectivity index (χ4v) is 4.50. The SMILES string of the molecule is CON(C)C(=O)[C@@H](OCc1ccccc1)[C@@H](CCc1ccccc1)O[Si](C)(C)C(C)(C)C. The monoisotopic (exact) mass is 457 g/mol. The van der Waals surface area contributed by atoms with E-state index in [2.05, 4.69) is 46.0 Å². The van der Waals surface area contributed by atoms with Crippen LogP contribution in [0.3, 0.4) is 0 Å². The number of hydrogen-bond donors (Lipinski definition) is 0. The average molecular weight is 458 g/mol. The van der Waals surface area contributed by atoms with Crippen molar-refractivity contribution in [2.45, 2.75) is 70.6 Å². The molecule has 2 aromatic carbocycles. The molecule has 0 aromatic heterocycles. The molecule has 176 valence electrons. The minimum absolute atomic E-state index is 0.0121. The second kappa shape index (κ2) is 11.7. The summed E-state index contributed by atoms with van der Waals surface area (Å²) in [6.07, 6.45) is 0.331. The van der Waals surface area contributed by atoms with Crippen molar-refractivity contribution < 1.29 is 18.8 Å². The molecule has 0 saturated heterocycles. The van der Waals surface area contributed by atoms with Gasteiger partial charge in [-0.15, -0.1) is 0 Å². The second-order valence-electron chi connectivity index (χ2n) is 9.68. The van der Waals surface area contributed by atoms with Gasteiger partial charge in [-0.25, -0.2) is 5.06 Å². The number of likely N-dealkylation sites (N-methyl/N-ethyl adjacent to an activating group) is 1. The summed E-state index contributed by atoms with van der Waals surface area (Å²) in [5, 5.41) is 1.25. The molecule has 0 radical (unpaired) electrons. The van der Waals surface area contributed by atoms with Crippen LogP contribution in [-0.2, 0) is 31.8 Å². The van der Waals surface area contributed by atoms with E-state index < -0.39 is 14.4 Å². The number of carbonyl (C=O) groups is 1. The molecule has 0 bridgehead atoms. The van der Waals surface area contributed by atoms with Crippen LogP contribution in [0.2, 0.25) is 18.1 Å². The smallest absolute Gasteiger partial charge is 0.277 e. The first-order valence-electron chi connectivity index (χ1n) is 11.2. The van der Waals surface area contributed by atoms with E-state index in [0.29, 0.717) is 13.0 Å². The Morgan fingerprint density at radius 1 is 0.969 bits per heavy atom. The van der Waals surface area contributed by atoms with E-state index in [0.717, 1.165) is 12.0 Å². The third-order valence-corrected chi connectivity index (χ3v) is 10.8. The molecule has 0 aliphatic heterocycles. The standard InChI is InChI=1S/C26H39NO4Si/c1-26(2,3)32(6,7)31-23(19-18-21-14-10-8-11-15-21)24(25(28)27(4)29-5)30-20-22-16-12-9-13-17-22/h8-17,23-24H,18-20H2,1-7H3/t23-,24+/m1/s1. The van der Waals surface area contributed by atoms with Crippen molar-refractivity contribution in [2.75, 3.05) is 14.2 Å². The van der Waals surface area contributed by atoms with Gasteiger partial charge in [-0.3, -0.25) is 9.63 Å². The highest BCUT2D eigenvalue weighted by Crippen LogP contribution is 2.38. The molecule has 0 aliphatic carbocycles. The molecule has 2 atom stereocenters. The number of benzene rings is 2. The van der Waals surface area contributed by atoms with Crippen molar-refractivity contribution in [1.29, 1.82) is 0 Å².